The molecular weight excluding hydrogens is 384 g/mol. The molecule has 146 valence electrons. The first-order valence-electron chi connectivity index (χ1n) is 8.83. The van der Waals surface area contributed by atoms with Crippen molar-refractivity contribution in [2.75, 3.05) is 11.9 Å². The number of amides is 1. The minimum absolute atomic E-state index is 0.0487. The van der Waals surface area contributed by atoms with Gasteiger partial charge >= 0.3 is 0 Å². The number of carbonyl (C=O) groups excluding carboxylic acids is 1. The van der Waals surface area contributed by atoms with Crippen LogP contribution in [0.4, 0.5) is 20.2 Å². The van der Waals surface area contributed by atoms with Crippen LogP contribution >= 0.6 is 11.6 Å². The van der Waals surface area contributed by atoms with Crippen LogP contribution in [0, 0.1) is 17.6 Å². The molecule has 0 radical (unpaired) electrons. The van der Waals surface area contributed by atoms with Gasteiger partial charge in [0.2, 0.25) is 5.91 Å². The molecule has 7 heteroatoms. The monoisotopic (exact) mass is 403 g/mol. The van der Waals surface area contributed by atoms with Crippen molar-refractivity contribution in [2.24, 2.45) is 5.92 Å². The van der Waals surface area contributed by atoms with Gasteiger partial charge in [-0.15, -0.1) is 0 Å². The summed E-state index contributed by atoms with van der Waals surface area (Å²) in [6, 6.07) is 11.7. The van der Waals surface area contributed by atoms with Gasteiger partial charge in [-0.1, -0.05) is 43.6 Å². The van der Waals surface area contributed by atoms with Crippen LogP contribution in [-0.2, 0) is 11.3 Å². The molecule has 1 aromatic heterocycles. The van der Waals surface area contributed by atoms with Crippen molar-refractivity contribution in [1.29, 1.82) is 0 Å². The quantitative estimate of drug-likeness (QED) is 0.595. The summed E-state index contributed by atoms with van der Waals surface area (Å²) >= 11 is 6.07. The van der Waals surface area contributed by atoms with Crippen LogP contribution in [0.3, 0.4) is 0 Å². The lowest BCUT2D eigenvalue weighted by Crippen LogP contribution is -2.27. The lowest BCUT2D eigenvalue weighted by Gasteiger charge is -2.24. The molecule has 0 atom stereocenters. The Labute approximate surface area is 167 Å². The Morgan fingerprint density at radius 2 is 1.89 bits per heavy atom. The number of halogens is 3. The number of aromatic nitrogens is 1. The molecule has 28 heavy (non-hydrogen) atoms. The molecule has 1 amide bonds. The highest BCUT2D eigenvalue weighted by Gasteiger charge is 2.18. The smallest absolute Gasteiger partial charge is 0.222 e. The van der Waals surface area contributed by atoms with Crippen molar-refractivity contribution in [3.63, 3.8) is 0 Å². The summed E-state index contributed by atoms with van der Waals surface area (Å²) in [6.07, 6.45) is 0. The first-order valence-corrected chi connectivity index (χ1v) is 9.21. The molecule has 4 nitrogen and oxygen atoms in total. The number of para-hydroxylation sites is 1. The third-order valence-corrected chi connectivity index (χ3v) is 4.70. The van der Waals surface area contributed by atoms with Crippen LogP contribution in [0.5, 0.6) is 0 Å². The van der Waals surface area contributed by atoms with Gasteiger partial charge in [-0.3, -0.25) is 4.79 Å². The van der Waals surface area contributed by atoms with Gasteiger partial charge in [0.05, 0.1) is 5.69 Å². The van der Waals surface area contributed by atoms with Crippen LogP contribution in [0.15, 0.2) is 42.5 Å². The van der Waals surface area contributed by atoms with Crippen molar-refractivity contribution in [3.8, 4) is 0 Å². The average Bonchev–Trinajstić information content (AvgIpc) is 2.68. The summed E-state index contributed by atoms with van der Waals surface area (Å²) in [4.78, 5) is 17.7. The van der Waals surface area contributed by atoms with Crippen LogP contribution in [0.1, 0.15) is 19.4 Å². The molecule has 2 aromatic carbocycles. The van der Waals surface area contributed by atoms with E-state index in [4.69, 9.17) is 11.6 Å². The molecule has 1 heterocycles. The molecule has 0 aliphatic heterocycles. The number of carbonyl (C=O) groups is 1. The van der Waals surface area contributed by atoms with E-state index in [1.807, 2.05) is 43.0 Å². The van der Waals surface area contributed by atoms with Crippen molar-refractivity contribution < 1.29 is 13.6 Å². The normalized spacial score (nSPS) is 11.1. The minimum Gasteiger partial charge on any atom is -0.352 e. The van der Waals surface area contributed by atoms with E-state index >= 15 is 0 Å². The predicted molar refractivity (Wildman–Crippen MR) is 108 cm³/mol. The van der Waals surface area contributed by atoms with Crippen molar-refractivity contribution >= 4 is 39.8 Å². The van der Waals surface area contributed by atoms with Crippen molar-refractivity contribution in [1.82, 2.24) is 10.3 Å². The number of nitrogens with zero attached hydrogens (tertiary/aromatic N) is 2. The molecule has 3 rings (SSSR count). The average molecular weight is 404 g/mol. The number of pyridine rings is 1. The molecule has 0 fully saturated rings. The second kappa shape index (κ2) is 8.10. The Kier molecular flexibility index (Phi) is 5.79. The van der Waals surface area contributed by atoms with Crippen LogP contribution in [-0.4, -0.2) is 17.9 Å². The minimum atomic E-state index is -1.04. The zero-order chi connectivity index (χ0) is 20.4. The lowest BCUT2D eigenvalue weighted by molar-refractivity contribution is -0.124. The Hall–Kier alpha value is -2.73. The maximum absolute atomic E-state index is 14.2. The van der Waals surface area contributed by atoms with Crippen molar-refractivity contribution in [3.05, 3.63) is 64.8 Å². The molecule has 0 bridgehead atoms. The zero-order valence-corrected chi connectivity index (χ0v) is 16.5. The number of benzene rings is 2. The Morgan fingerprint density at radius 3 is 2.61 bits per heavy atom. The highest BCUT2D eigenvalue weighted by Crippen LogP contribution is 2.35. The van der Waals surface area contributed by atoms with Crippen LogP contribution in [0.2, 0.25) is 5.15 Å². The molecule has 3 aromatic rings. The van der Waals surface area contributed by atoms with Gasteiger partial charge in [0, 0.05) is 30.6 Å². The fourth-order valence-corrected chi connectivity index (χ4v) is 3.15. The Balaban J connectivity index is 2.05. The van der Waals surface area contributed by atoms with Crippen molar-refractivity contribution in [2.45, 2.75) is 20.4 Å². The first-order chi connectivity index (χ1) is 13.3. The number of rotatable bonds is 5. The molecule has 1 N–H and O–H groups in total. The molecule has 0 saturated heterocycles. The second-order valence-electron chi connectivity index (χ2n) is 6.78. The summed E-state index contributed by atoms with van der Waals surface area (Å²) in [5.74, 6) is -2.18. The number of fused-ring (bicyclic) bond motifs is 1. The number of hydrogen-bond donors (Lipinski definition) is 1. The molecule has 0 saturated carbocycles. The van der Waals surface area contributed by atoms with E-state index in [2.05, 4.69) is 10.3 Å². The van der Waals surface area contributed by atoms with E-state index in [9.17, 15) is 13.6 Å². The van der Waals surface area contributed by atoms with Gasteiger partial charge in [0.1, 0.15) is 10.7 Å². The molecule has 0 aliphatic rings. The molecule has 0 aliphatic carbocycles. The van der Waals surface area contributed by atoms with E-state index < -0.39 is 11.6 Å². The Bertz CT molecular complexity index is 1040. The van der Waals surface area contributed by atoms with Crippen LogP contribution in [0.25, 0.3) is 10.9 Å². The summed E-state index contributed by atoms with van der Waals surface area (Å²) in [6.45, 7) is 4.00. The summed E-state index contributed by atoms with van der Waals surface area (Å²) in [7, 11) is 1.80. The number of anilines is 2. The van der Waals surface area contributed by atoms with Crippen LogP contribution < -0.4 is 10.2 Å². The standard InChI is InChI=1S/C21H20ClF2N3O/c1-12(2)21(28)25-11-13-6-4-5-7-16(13)27(3)17-10-18(22)26-20-14(17)8-9-15(23)19(20)24/h4-10,12H,11H2,1-3H3,(H,25,28). The van der Waals surface area contributed by atoms with Gasteiger partial charge in [-0.05, 0) is 29.8 Å². The summed E-state index contributed by atoms with van der Waals surface area (Å²) in [5.41, 5.74) is 2.14. The van der Waals surface area contributed by atoms with E-state index in [1.165, 1.54) is 6.07 Å². The van der Waals surface area contributed by atoms with Gasteiger partial charge < -0.3 is 10.2 Å². The zero-order valence-electron chi connectivity index (χ0n) is 15.8. The maximum Gasteiger partial charge on any atom is 0.222 e. The summed E-state index contributed by atoms with van der Waals surface area (Å²) < 4.78 is 27.9. The predicted octanol–water partition coefficient (Wildman–Crippen LogP) is 5.21. The van der Waals surface area contributed by atoms with E-state index in [0.717, 1.165) is 17.3 Å². The molecule has 0 spiro atoms. The molecule has 0 unspecified atom stereocenters. The van der Waals surface area contributed by atoms with E-state index in [1.54, 1.807) is 13.1 Å². The number of nitrogens with one attached hydrogen (secondary N) is 1. The van der Waals surface area contributed by atoms with E-state index in [-0.39, 0.29) is 22.5 Å². The first kappa shape index (κ1) is 20.0. The highest BCUT2D eigenvalue weighted by molar-refractivity contribution is 6.30. The topological polar surface area (TPSA) is 45.2 Å². The molecular formula is C21H20ClF2N3O. The SMILES string of the molecule is CC(C)C(=O)NCc1ccccc1N(C)c1cc(Cl)nc2c(F)c(F)ccc12. The highest BCUT2D eigenvalue weighted by atomic mass is 35.5. The third kappa shape index (κ3) is 3.92. The largest absolute Gasteiger partial charge is 0.352 e. The van der Waals surface area contributed by atoms with E-state index in [0.29, 0.717) is 17.6 Å². The lowest BCUT2D eigenvalue weighted by atomic mass is 10.1. The third-order valence-electron chi connectivity index (χ3n) is 4.51. The van der Waals surface area contributed by atoms with Gasteiger partial charge in [0.25, 0.3) is 0 Å². The van der Waals surface area contributed by atoms with Gasteiger partial charge in [-0.2, -0.15) is 0 Å². The second-order valence-corrected chi connectivity index (χ2v) is 7.17. The fraction of sp³-hybridized carbons (Fsp3) is 0.238. The van der Waals surface area contributed by atoms with Gasteiger partial charge in [-0.25, -0.2) is 13.8 Å². The Morgan fingerprint density at radius 1 is 1.18 bits per heavy atom. The summed E-state index contributed by atoms with van der Waals surface area (Å²) in [5, 5.41) is 3.39. The number of hydrogen-bond acceptors (Lipinski definition) is 3. The fourth-order valence-electron chi connectivity index (χ4n) is 2.97. The maximum atomic E-state index is 14.2. The van der Waals surface area contributed by atoms with Gasteiger partial charge in [0.15, 0.2) is 11.6 Å².